The van der Waals surface area contributed by atoms with E-state index < -0.39 is 0 Å². The molecule has 1 heterocycles. The van der Waals surface area contributed by atoms with Crippen LogP contribution < -0.4 is 5.32 Å². The third-order valence-electron chi connectivity index (χ3n) is 1.31. The van der Waals surface area contributed by atoms with E-state index in [-0.39, 0.29) is 18.1 Å². The van der Waals surface area contributed by atoms with E-state index in [2.05, 4.69) is 26.8 Å². The molecule has 0 aliphatic heterocycles. The molecule has 0 atom stereocenters. The predicted octanol–water partition coefficient (Wildman–Crippen LogP) is 0.860. The van der Waals surface area contributed by atoms with Gasteiger partial charge in [0.25, 0.3) is 5.91 Å². The number of nitrogens with one attached hydrogen (secondary N) is 1. The van der Waals surface area contributed by atoms with Crippen LogP contribution in [0.25, 0.3) is 0 Å². The molecule has 5 nitrogen and oxygen atoms in total. The number of hydrogen-bond donors (Lipinski definition) is 1. The van der Waals surface area contributed by atoms with Gasteiger partial charge in [-0.2, -0.15) is 0 Å². The number of nitrogens with zero attached hydrogens (tertiary/aromatic N) is 2. The Hall–Kier alpha value is -1.36. The van der Waals surface area contributed by atoms with Crippen molar-refractivity contribution >= 4 is 17.5 Å². The summed E-state index contributed by atoms with van der Waals surface area (Å²) in [6.07, 6.45) is 0. The smallest absolute Gasteiger partial charge is 0.275 e. The van der Waals surface area contributed by atoms with Crippen molar-refractivity contribution in [3.63, 3.8) is 0 Å². The number of halogens is 1. The first kappa shape index (κ1) is 9.73. The molecule has 13 heavy (non-hydrogen) atoms. The van der Waals surface area contributed by atoms with Gasteiger partial charge in [-0.1, -0.05) is 23.3 Å². The Morgan fingerprint density at radius 3 is 2.85 bits per heavy atom. The summed E-state index contributed by atoms with van der Waals surface area (Å²) in [5.74, 6) is -0.374. The van der Waals surface area contributed by atoms with Gasteiger partial charge in [0.15, 0.2) is 5.69 Å². The van der Waals surface area contributed by atoms with Crippen molar-refractivity contribution in [2.24, 2.45) is 0 Å². The molecular weight excluding hydrogens is 194 g/mol. The minimum absolute atomic E-state index is 0.165. The Labute approximate surface area is 79.7 Å². The fourth-order valence-electron chi connectivity index (χ4n) is 0.697. The molecule has 6 heteroatoms. The lowest BCUT2D eigenvalue weighted by molar-refractivity contribution is 0.0947. The van der Waals surface area contributed by atoms with Crippen LogP contribution in [-0.2, 0) is 0 Å². The lowest BCUT2D eigenvalue weighted by Gasteiger charge is -1.99. The summed E-state index contributed by atoms with van der Waals surface area (Å²) in [6, 6.07) is 0. The van der Waals surface area contributed by atoms with Crippen molar-refractivity contribution in [1.82, 2.24) is 15.6 Å². The molecule has 0 saturated heterocycles. The standard InChI is InChI=1S/C7H8ClN3O2/c1-4(8)3-9-7(12)6-5(2)10-13-11-6/h1,3H2,2H3,(H,9,12). The number of amides is 1. The molecule has 70 valence electrons. The Morgan fingerprint density at radius 1 is 1.69 bits per heavy atom. The molecule has 0 aromatic carbocycles. The van der Waals surface area contributed by atoms with E-state index in [1.807, 2.05) is 0 Å². The first-order valence-corrected chi connectivity index (χ1v) is 3.89. The molecule has 0 radical (unpaired) electrons. The van der Waals surface area contributed by atoms with Crippen LogP contribution in [0.5, 0.6) is 0 Å². The van der Waals surface area contributed by atoms with Crippen LogP contribution in [0.15, 0.2) is 16.2 Å². The maximum Gasteiger partial charge on any atom is 0.275 e. The summed E-state index contributed by atoms with van der Waals surface area (Å²) < 4.78 is 4.36. The largest absolute Gasteiger partial charge is 0.346 e. The first-order valence-electron chi connectivity index (χ1n) is 3.52. The predicted molar refractivity (Wildman–Crippen MR) is 46.4 cm³/mol. The molecule has 0 unspecified atom stereocenters. The van der Waals surface area contributed by atoms with Crippen molar-refractivity contribution in [2.45, 2.75) is 6.92 Å². The van der Waals surface area contributed by atoms with E-state index in [1.165, 1.54) is 0 Å². The Balaban J connectivity index is 2.59. The highest BCUT2D eigenvalue weighted by Crippen LogP contribution is 2.00. The van der Waals surface area contributed by atoms with Crippen molar-refractivity contribution < 1.29 is 9.42 Å². The second-order valence-corrected chi connectivity index (χ2v) is 2.93. The van der Waals surface area contributed by atoms with Gasteiger partial charge in [-0.25, -0.2) is 4.63 Å². The zero-order chi connectivity index (χ0) is 9.84. The summed E-state index contributed by atoms with van der Waals surface area (Å²) in [4.78, 5) is 11.3. The SMILES string of the molecule is C=C(Cl)CNC(=O)c1nonc1C. The molecule has 0 aliphatic rings. The third-order valence-corrected chi connectivity index (χ3v) is 1.44. The van der Waals surface area contributed by atoms with Crippen molar-refractivity contribution in [1.29, 1.82) is 0 Å². The van der Waals surface area contributed by atoms with Gasteiger partial charge in [0.05, 0.1) is 6.54 Å². The van der Waals surface area contributed by atoms with Crippen molar-refractivity contribution in [3.8, 4) is 0 Å². The summed E-state index contributed by atoms with van der Waals surface area (Å²) in [5.41, 5.74) is 0.607. The molecule has 0 aliphatic carbocycles. The van der Waals surface area contributed by atoms with Gasteiger partial charge < -0.3 is 5.32 Å². The third kappa shape index (κ3) is 2.55. The van der Waals surface area contributed by atoms with Gasteiger partial charge >= 0.3 is 0 Å². The highest BCUT2D eigenvalue weighted by molar-refractivity contribution is 6.29. The lowest BCUT2D eigenvalue weighted by atomic mass is 10.3. The van der Waals surface area contributed by atoms with Crippen LogP contribution in [0.3, 0.4) is 0 Å². The molecule has 1 rings (SSSR count). The minimum Gasteiger partial charge on any atom is -0.346 e. The number of aryl methyl sites for hydroxylation is 1. The Bertz CT molecular complexity index is 334. The number of rotatable bonds is 3. The normalized spacial score (nSPS) is 9.69. The van der Waals surface area contributed by atoms with Gasteiger partial charge in [0, 0.05) is 5.03 Å². The maximum atomic E-state index is 11.3. The Kier molecular flexibility index (Phi) is 3.02. The highest BCUT2D eigenvalue weighted by Gasteiger charge is 2.13. The quantitative estimate of drug-likeness (QED) is 0.788. The second kappa shape index (κ2) is 4.04. The summed E-state index contributed by atoms with van der Waals surface area (Å²) in [6.45, 7) is 5.25. The average molecular weight is 202 g/mol. The van der Waals surface area contributed by atoms with E-state index in [1.54, 1.807) is 6.92 Å². The number of hydrogen-bond acceptors (Lipinski definition) is 4. The second-order valence-electron chi connectivity index (χ2n) is 2.40. The number of carbonyl (C=O) groups is 1. The molecule has 1 aromatic heterocycles. The van der Waals surface area contributed by atoms with Crippen LogP contribution >= 0.6 is 11.6 Å². The minimum atomic E-state index is -0.374. The fourth-order valence-corrected chi connectivity index (χ4v) is 0.764. The van der Waals surface area contributed by atoms with Crippen molar-refractivity contribution in [3.05, 3.63) is 23.0 Å². The van der Waals surface area contributed by atoms with E-state index in [0.717, 1.165) is 0 Å². The van der Waals surface area contributed by atoms with Crippen LogP contribution in [0.1, 0.15) is 16.2 Å². The lowest BCUT2D eigenvalue weighted by Crippen LogP contribution is -2.25. The highest BCUT2D eigenvalue weighted by atomic mass is 35.5. The molecule has 0 saturated carbocycles. The fraction of sp³-hybridized carbons (Fsp3) is 0.286. The topological polar surface area (TPSA) is 68.0 Å². The summed E-state index contributed by atoms with van der Waals surface area (Å²) in [7, 11) is 0. The van der Waals surface area contributed by atoms with E-state index in [9.17, 15) is 4.79 Å². The zero-order valence-corrected chi connectivity index (χ0v) is 7.76. The molecule has 1 N–H and O–H groups in total. The number of carbonyl (C=O) groups excluding carboxylic acids is 1. The molecule has 0 spiro atoms. The summed E-state index contributed by atoms with van der Waals surface area (Å²) >= 11 is 5.45. The molecular formula is C7H8ClN3O2. The van der Waals surface area contributed by atoms with Crippen LogP contribution in [0.4, 0.5) is 0 Å². The van der Waals surface area contributed by atoms with Crippen LogP contribution in [0.2, 0.25) is 0 Å². The average Bonchev–Trinajstić information content (AvgIpc) is 2.47. The summed E-state index contributed by atoms with van der Waals surface area (Å²) in [5, 5.41) is 9.73. The molecule has 0 fully saturated rings. The number of aromatic nitrogens is 2. The Morgan fingerprint density at radius 2 is 2.38 bits per heavy atom. The monoisotopic (exact) mass is 201 g/mol. The van der Waals surface area contributed by atoms with E-state index >= 15 is 0 Å². The molecule has 1 aromatic rings. The first-order chi connectivity index (χ1) is 6.11. The van der Waals surface area contributed by atoms with Gasteiger partial charge in [0.1, 0.15) is 5.69 Å². The van der Waals surface area contributed by atoms with Crippen LogP contribution in [0, 0.1) is 6.92 Å². The zero-order valence-electron chi connectivity index (χ0n) is 7.00. The van der Waals surface area contributed by atoms with Gasteiger partial charge in [0.2, 0.25) is 0 Å². The van der Waals surface area contributed by atoms with Gasteiger partial charge in [-0.3, -0.25) is 4.79 Å². The van der Waals surface area contributed by atoms with Crippen molar-refractivity contribution in [2.75, 3.05) is 6.54 Å². The van der Waals surface area contributed by atoms with Crippen LogP contribution in [-0.4, -0.2) is 22.8 Å². The van der Waals surface area contributed by atoms with Gasteiger partial charge in [-0.05, 0) is 12.1 Å². The molecule has 1 amide bonds. The molecule has 0 bridgehead atoms. The maximum absolute atomic E-state index is 11.3. The van der Waals surface area contributed by atoms with E-state index in [0.29, 0.717) is 10.7 Å². The van der Waals surface area contributed by atoms with E-state index in [4.69, 9.17) is 11.6 Å². The van der Waals surface area contributed by atoms with Gasteiger partial charge in [-0.15, -0.1) is 0 Å².